The minimum Gasteiger partial charge on any atom is -0.341 e. The molecule has 156 valence electrons. The smallest absolute Gasteiger partial charge is 0.233 e. The summed E-state index contributed by atoms with van der Waals surface area (Å²) in [6.07, 6.45) is 0. The second kappa shape index (κ2) is 9.72. The molecule has 0 unspecified atom stereocenters. The first kappa shape index (κ1) is 21.8. The lowest BCUT2D eigenvalue weighted by atomic mass is 9.84. The first-order valence-corrected chi connectivity index (χ1v) is 11.3. The Kier molecular flexibility index (Phi) is 7.30. The van der Waals surface area contributed by atoms with Crippen LogP contribution in [0, 0.1) is 25.7 Å². The third-order valence-electron chi connectivity index (χ3n) is 5.63. The highest BCUT2D eigenvalue weighted by Gasteiger charge is 2.36. The fourth-order valence-corrected chi connectivity index (χ4v) is 5.43. The molecular formula is C23H32N4OS. The molecule has 2 aromatic rings. The van der Waals surface area contributed by atoms with Gasteiger partial charge in [0.15, 0.2) is 5.16 Å². The maximum Gasteiger partial charge on any atom is 0.233 e. The first-order valence-electron chi connectivity index (χ1n) is 10.3. The molecule has 1 amide bonds. The summed E-state index contributed by atoms with van der Waals surface area (Å²) in [7, 11) is 1.95. The van der Waals surface area contributed by atoms with Crippen molar-refractivity contribution in [3.63, 3.8) is 0 Å². The minimum atomic E-state index is 0.151. The Hall–Kier alpha value is -1.92. The Morgan fingerprint density at radius 1 is 1.10 bits per heavy atom. The molecule has 5 nitrogen and oxygen atoms in total. The van der Waals surface area contributed by atoms with Gasteiger partial charge in [0.1, 0.15) is 0 Å². The number of carbonyl (C=O) groups is 1. The number of piperidine rings is 1. The Bertz CT molecular complexity index is 797. The van der Waals surface area contributed by atoms with Crippen molar-refractivity contribution in [2.24, 2.45) is 11.8 Å². The summed E-state index contributed by atoms with van der Waals surface area (Å²) in [6, 6.07) is 12.8. The van der Waals surface area contributed by atoms with Crippen LogP contribution in [0.25, 0.3) is 0 Å². The second-order valence-electron chi connectivity index (χ2n) is 8.35. The predicted molar refractivity (Wildman–Crippen MR) is 119 cm³/mol. The highest BCUT2D eigenvalue weighted by atomic mass is 32.2. The predicted octanol–water partition coefficient (Wildman–Crippen LogP) is 3.80. The van der Waals surface area contributed by atoms with E-state index in [1.807, 2.05) is 31.9 Å². The number of rotatable bonds is 6. The summed E-state index contributed by atoms with van der Waals surface area (Å²) in [5.41, 5.74) is 3.22. The standard InChI is InChI=1S/C23H32N4OS/c1-16-12-27(14-20-9-7-6-8-10-20)13-17(2)22(16)26(5)21(28)15-29-23-24-18(3)11-19(4)25-23/h6-11,16-17,22H,12-15H2,1-5H3/t16-,17-/m0/s1. The Balaban J connectivity index is 1.57. The zero-order valence-corrected chi connectivity index (χ0v) is 18.9. The molecule has 1 fully saturated rings. The van der Waals surface area contributed by atoms with Crippen LogP contribution >= 0.6 is 11.8 Å². The molecule has 1 aromatic carbocycles. The summed E-state index contributed by atoms with van der Waals surface area (Å²) >= 11 is 1.43. The van der Waals surface area contributed by atoms with Crippen molar-refractivity contribution in [2.45, 2.75) is 45.4 Å². The normalized spacial score (nSPS) is 20.6. The van der Waals surface area contributed by atoms with E-state index in [1.165, 1.54) is 17.3 Å². The molecule has 0 radical (unpaired) electrons. The average molecular weight is 413 g/mol. The van der Waals surface area contributed by atoms with Crippen LogP contribution in [-0.4, -0.2) is 57.6 Å². The maximum atomic E-state index is 12.9. The summed E-state index contributed by atoms with van der Waals surface area (Å²) in [5.74, 6) is 1.39. The van der Waals surface area contributed by atoms with E-state index in [0.29, 0.717) is 22.7 Å². The number of thioether (sulfide) groups is 1. The zero-order chi connectivity index (χ0) is 21.0. The number of nitrogens with zero attached hydrogens (tertiary/aromatic N) is 4. The van der Waals surface area contributed by atoms with Gasteiger partial charge in [0.25, 0.3) is 0 Å². The van der Waals surface area contributed by atoms with E-state index in [0.717, 1.165) is 31.0 Å². The van der Waals surface area contributed by atoms with Crippen LogP contribution in [0.2, 0.25) is 0 Å². The van der Waals surface area contributed by atoms with Gasteiger partial charge >= 0.3 is 0 Å². The van der Waals surface area contributed by atoms with E-state index < -0.39 is 0 Å². The van der Waals surface area contributed by atoms with Gasteiger partial charge in [-0.3, -0.25) is 9.69 Å². The number of hydrogen-bond acceptors (Lipinski definition) is 5. The molecule has 0 bridgehead atoms. The molecule has 3 rings (SSSR count). The summed E-state index contributed by atoms with van der Waals surface area (Å²) in [4.78, 5) is 26.2. The highest BCUT2D eigenvalue weighted by Crippen LogP contribution is 2.28. The number of benzene rings is 1. The van der Waals surface area contributed by atoms with Crippen molar-refractivity contribution in [1.82, 2.24) is 19.8 Å². The summed E-state index contributed by atoms with van der Waals surface area (Å²) < 4.78 is 0. The SMILES string of the molecule is Cc1cc(C)nc(SCC(=O)N(C)C2[C@@H](C)CN(Cc3ccccc3)C[C@@H]2C)n1. The molecular weight excluding hydrogens is 380 g/mol. The molecule has 2 heterocycles. The average Bonchev–Trinajstić information content (AvgIpc) is 2.65. The first-order chi connectivity index (χ1) is 13.8. The molecule has 29 heavy (non-hydrogen) atoms. The van der Waals surface area contributed by atoms with Crippen molar-refractivity contribution in [3.8, 4) is 0 Å². The molecule has 1 aliphatic heterocycles. The van der Waals surface area contributed by atoms with Gasteiger partial charge in [0, 0.05) is 44.1 Å². The van der Waals surface area contributed by atoms with Crippen molar-refractivity contribution >= 4 is 17.7 Å². The maximum absolute atomic E-state index is 12.9. The molecule has 1 saturated heterocycles. The number of aromatic nitrogens is 2. The van der Waals surface area contributed by atoms with Gasteiger partial charge in [-0.1, -0.05) is 55.9 Å². The molecule has 1 aliphatic rings. The summed E-state index contributed by atoms with van der Waals surface area (Å²) in [5, 5.41) is 0.683. The van der Waals surface area contributed by atoms with E-state index in [4.69, 9.17) is 0 Å². The van der Waals surface area contributed by atoms with Crippen molar-refractivity contribution < 1.29 is 4.79 Å². The van der Waals surface area contributed by atoms with E-state index in [1.54, 1.807) is 0 Å². The quantitative estimate of drug-likeness (QED) is 0.534. The van der Waals surface area contributed by atoms with Gasteiger partial charge in [-0.25, -0.2) is 9.97 Å². The largest absolute Gasteiger partial charge is 0.341 e. The second-order valence-corrected chi connectivity index (χ2v) is 9.29. The number of carbonyl (C=O) groups excluding carboxylic acids is 1. The number of amides is 1. The molecule has 0 spiro atoms. The van der Waals surface area contributed by atoms with Crippen LogP contribution < -0.4 is 0 Å². The van der Waals surface area contributed by atoms with Crippen LogP contribution in [0.5, 0.6) is 0 Å². The fourth-order valence-electron chi connectivity index (χ4n) is 4.55. The van der Waals surface area contributed by atoms with Gasteiger partial charge < -0.3 is 4.90 Å². The number of aryl methyl sites for hydroxylation is 2. The van der Waals surface area contributed by atoms with Crippen molar-refractivity contribution in [2.75, 3.05) is 25.9 Å². The van der Waals surface area contributed by atoms with Crippen LogP contribution in [0.3, 0.4) is 0 Å². The molecule has 0 saturated carbocycles. The number of likely N-dealkylation sites (tertiary alicyclic amines) is 1. The molecule has 0 aliphatic carbocycles. The van der Waals surface area contributed by atoms with E-state index in [2.05, 4.69) is 59.0 Å². The van der Waals surface area contributed by atoms with Crippen LogP contribution in [-0.2, 0) is 11.3 Å². The highest BCUT2D eigenvalue weighted by molar-refractivity contribution is 7.99. The molecule has 2 atom stereocenters. The third kappa shape index (κ3) is 5.80. The van der Waals surface area contributed by atoms with E-state index >= 15 is 0 Å². The lowest BCUT2D eigenvalue weighted by Crippen LogP contribution is -2.55. The third-order valence-corrected chi connectivity index (χ3v) is 6.47. The minimum absolute atomic E-state index is 0.151. The van der Waals surface area contributed by atoms with Gasteiger partial charge in [0.2, 0.25) is 5.91 Å². The van der Waals surface area contributed by atoms with Gasteiger partial charge in [0.05, 0.1) is 5.75 Å². The van der Waals surface area contributed by atoms with Crippen molar-refractivity contribution in [1.29, 1.82) is 0 Å². The summed E-state index contributed by atoms with van der Waals surface area (Å²) in [6.45, 7) is 11.4. The topological polar surface area (TPSA) is 49.3 Å². The van der Waals surface area contributed by atoms with Crippen molar-refractivity contribution in [3.05, 3.63) is 53.3 Å². The monoisotopic (exact) mass is 412 g/mol. The molecule has 0 N–H and O–H groups in total. The van der Waals surface area contributed by atoms with Crippen LogP contribution in [0.15, 0.2) is 41.6 Å². The van der Waals surface area contributed by atoms with E-state index in [-0.39, 0.29) is 11.9 Å². The zero-order valence-electron chi connectivity index (χ0n) is 18.1. The van der Waals surface area contributed by atoms with Gasteiger partial charge in [-0.2, -0.15) is 0 Å². The lowest BCUT2D eigenvalue weighted by molar-refractivity contribution is -0.132. The lowest BCUT2D eigenvalue weighted by Gasteiger charge is -2.45. The molecule has 6 heteroatoms. The Labute approximate surface area is 178 Å². The molecule has 1 aromatic heterocycles. The van der Waals surface area contributed by atoms with Crippen LogP contribution in [0.1, 0.15) is 30.8 Å². The number of hydrogen-bond donors (Lipinski definition) is 0. The van der Waals surface area contributed by atoms with Gasteiger partial charge in [-0.15, -0.1) is 0 Å². The fraction of sp³-hybridized carbons (Fsp3) is 0.522. The van der Waals surface area contributed by atoms with Gasteiger partial charge in [-0.05, 0) is 37.3 Å². The Morgan fingerprint density at radius 2 is 1.69 bits per heavy atom. The van der Waals surface area contributed by atoms with Crippen LogP contribution in [0.4, 0.5) is 0 Å². The van der Waals surface area contributed by atoms with E-state index in [9.17, 15) is 4.79 Å². The Morgan fingerprint density at radius 3 is 2.28 bits per heavy atom.